The molecule has 4 nitrogen and oxygen atoms in total. The fraction of sp³-hybridized carbons (Fsp3) is 1.00. The Morgan fingerprint density at radius 2 is 1.93 bits per heavy atom. The third-order valence-electron chi connectivity index (χ3n) is 2.49. The van der Waals surface area contributed by atoms with Crippen molar-refractivity contribution in [2.45, 2.75) is 44.2 Å². The second-order valence-corrected chi connectivity index (χ2v) is 4.00. The molecule has 0 saturated carbocycles. The molecule has 0 spiro atoms. The van der Waals surface area contributed by atoms with E-state index in [2.05, 4.69) is 0 Å². The summed E-state index contributed by atoms with van der Waals surface area (Å²) in [6.07, 6.45) is -1.79. The van der Waals surface area contributed by atoms with Crippen molar-refractivity contribution in [1.82, 2.24) is 0 Å². The molecular weight excluding hydrogens is 191 g/mol. The lowest BCUT2D eigenvalue weighted by atomic mass is 10.1. The van der Waals surface area contributed by atoms with Crippen molar-refractivity contribution in [3.05, 3.63) is 0 Å². The van der Waals surface area contributed by atoms with E-state index < -0.39 is 24.9 Å². The van der Waals surface area contributed by atoms with Crippen molar-refractivity contribution in [2.24, 2.45) is 0 Å². The van der Waals surface area contributed by atoms with E-state index in [0.29, 0.717) is 0 Å². The van der Waals surface area contributed by atoms with Crippen LogP contribution in [0.4, 0.5) is 4.39 Å². The van der Waals surface area contributed by atoms with Gasteiger partial charge in [0.25, 0.3) is 0 Å². The van der Waals surface area contributed by atoms with E-state index in [-0.39, 0.29) is 12.2 Å². The maximum absolute atomic E-state index is 12.6. The Labute approximate surface area is 82.3 Å². The summed E-state index contributed by atoms with van der Waals surface area (Å²) in [5.74, 6) is -0.677. The highest BCUT2D eigenvalue weighted by Crippen LogP contribution is 2.38. The van der Waals surface area contributed by atoms with Gasteiger partial charge in [0.15, 0.2) is 12.1 Å². The van der Waals surface area contributed by atoms with E-state index in [9.17, 15) is 4.39 Å². The second-order valence-electron chi connectivity index (χ2n) is 4.00. The molecule has 0 aliphatic carbocycles. The van der Waals surface area contributed by atoms with Crippen LogP contribution in [0.2, 0.25) is 0 Å². The molecule has 4 atom stereocenters. The first-order chi connectivity index (χ1) is 6.57. The molecule has 0 N–H and O–H groups in total. The molecule has 0 amide bonds. The smallest absolute Gasteiger partial charge is 0.186 e. The number of fused-ring (bicyclic) bond motifs is 1. The third-order valence-corrected chi connectivity index (χ3v) is 2.49. The number of alkyl halides is 1. The molecule has 0 unspecified atom stereocenters. The average Bonchev–Trinajstić information content (AvgIpc) is 2.57. The summed E-state index contributed by atoms with van der Waals surface area (Å²) in [5, 5.41) is 0. The molecule has 2 aliphatic rings. The van der Waals surface area contributed by atoms with E-state index in [1.165, 1.54) is 7.11 Å². The zero-order chi connectivity index (χ0) is 10.3. The van der Waals surface area contributed by atoms with Crippen LogP contribution in [0.25, 0.3) is 0 Å². The van der Waals surface area contributed by atoms with Crippen molar-refractivity contribution < 1.29 is 23.3 Å². The van der Waals surface area contributed by atoms with Gasteiger partial charge in [-0.3, -0.25) is 0 Å². The number of halogens is 1. The zero-order valence-corrected chi connectivity index (χ0v) is 8.53. The van der Waals surface area contributed by atoms with E-state index >= 15 is 0 Å². The van der Waals surface area contributed by atoms with E-state index in [1.807, 2.05) is 0 Å². The van der Waals surface area contributed by atoms with Crippen molar-refractivity contribution >= 4 is 0 Å². The summed E-state index contributed by atoms with van der Waals surface area (Å²) >= 11 is 0. The van der Waals surface area contributed by atoms with Crippen LogP contribution < -0.4 is 0 Å². The first-order valence-corrected chi connectivity index (χ1v) is 4.67. The molecule has 2 fully saturated rings. The SMILES string of the molecule is CO[C@@H]1O[C@H](CF)[C@H]2OC(C)(C)O[C@@H]12. The largest absolute Gasteiger partial charge is 0.353 e. The molecule has 0 bridgehead atoms. The normalized spacial score (nSPS) is 45.4. The van der Waals surface area contributed by atoms with Crippen molar-refractivity contribution in [2.75, 3.05) is 13.8 Å². The lowest BCUT2D eigenvalue weighted by Gasteiger charge is -2.22. The van der Waals surface area contributed by atoms with Crippen LogP contribution in [0, 0.1) is 0 Å². The van der Waals surface area contributed by atoms with Gasteiger partial charge in [-0.1, -0.05) is 0 Å². The molecule has 82 valence electrons. The standard InChI is InChI=1S/C9H15FO4/c1-9(2)13-6-5(4-10)12-8(11-3)7(6)14-9/h5-8H,4H2,1-3H3/t5-,6-,7-,8-/m1/s1. The van der Waals surface area contributed by atoms with Crippen LogP contribution in [0.5, 0.6) is 0 Å². The predicted molar refractivity (Wildman–Crippen MR) is 45.5 cm³/mol. The number of rotatable bonds is 2. The molecule has 2 aliphatic heterocycles. The van der Waals surface area contributed by atoms with E-state index in [4.69, 9.17) is 18.9 Å². The van der Waals surface area contributed by atoms with Crippen molar-refractivity contribution in [3.8, 4) is 0 Å². The number of hydrogen-bond acceptors (Lipinski definition) is 4. The zero-order valence-electron chi connectivity index (χ0n) is 8.53. The summed E-state index contributed by atoms with van der Waals surface area (Å²) < 4.78 is 34.0. The van der Waals surface area contributed by atoms with E-state index in [0.717, 1.165) is 0 Å². The fourth-order valence-electron chi connectivity index (χ4n) is 1.96. The number of ether oxygens (including phenoxy) is 4. The lowest BCUT2D eigenvalue weighted by molar-refractivity contribution is -0.228. The third kappa shape index (κ3) is 1.54. The fourth-order valence-corrected chi connectivity index (χ4v) is 1.96. The van der Waals surface area contributed by atoms with Gasteiger partial charge in [-0.15, -0.1) is 0 Å². The van der Waals surface area contributed by atoms with Crippen molar-refractivity contribution in [1.29, 1.82) is 0 Å². The molecule has 2 saturated heterocycles. The highest BCUT2D eigenvalue weighted by Gasteiger charge is 2.55. The topological polar surface area (TPSA) is 36.9 Å². The van der Waals surface area contributed by atoms with Crippen LogP contribution in [0.15, 0.2) is 0 Å². The number of hydrogen-bond donors (Lipinski definition) is 0. The summed E-state index contributed by atoms with van der Waals surface area (Å²) in [6.45, 7) is 3.02. The highest BCUT2D eigenvalue weighted by atomic mass is 19.1. The van der Waals surface area contributed by atoms with Gasteiger partial charge >= 0.3 is 0 Å². The van der Waals surface area contributed by atoms with Gasteiger partial charge in [0.1, 0.15) is 25.0 Å². The molecule has 14 heavy (non-hydrogen) atoms. The molecule has 2 rings (SSSR count). The van der Waals surface area contributed by atoms with Crippen LogP contribution >= 0.6 is 0 Å². The highest BCUT2D eigenvalue weighted by molar-refractivity contribution is 4.94. The van der Waals surface area contributed by atoms with Gasteiger partial charge in [0.2, 0.25) is 0 Å². The van der Waals surface area contributed by atoms with E-state index in [1.54, 1.807) is 13.8 Å². The minimum Gasteiger partial charge on any atom is -0.353 e. The summed E-state index contributed by atoms with van der Waals surface area (Å²) in [6, 6.07) is 0. The van der Waals surface area contributed by atoms with Crippen LogP contribution in [0.1, 0.15) is 13.8 Å². The van der Waals surface area contributed by atoms with Gasteiger partial charge in [-0.05, 0) is 13.8 Å². The number of methoxy groups -OCH3 is 1. The minimum atomic E-state index is -0.677. The van der Waals surface area contributed by atoms with Crippen LogP contribution in [-0.4, -0.2) is 44.2 Å². The molecule has 0 aromatic rings. The van der Waals surface area contributed by atoms with Crippen molar-refractivity contribution in [3.63, 3.8) is 0 Å². The molecule has 2 heterocycles. The Morgan fingerprint density at radius 1 is 1.29 bits per heavy atom. The maximum atomic E-state index is 12.6. The monoisotopic (exact) mass is 206 g/mol. The first-order valence-electron chi connectivity index (χ1n) is 4.67. The summed E-state index contributed by atoms with van der Waals surface area (Å²) in [5.41, 5.74) is 0. The first kappa shape index (κ1) is 10.3. The Bertz CT molecular complexity index is 201. The Balaban J connectivity index is 2.12. The lowest BCUT2D eigenvalue weighted by Crippen LogP contribution is -2.31. The molecule has 0 radical (unpaired) electrons. The Hall–Kier alpha value is -0.230. The summed E-state index contributed by atoms with van der Waals surface area (Å²) in [7, 11) is 1.51. The van der Waals surface area contributed by atoms with Gasteiger partial charge in [-0.25, -0.2) is 4.39 Å². The quantitative estimate of drug-likeness (QED) is 0.671. The average molecular weight is 206 g/mol. The Morgan fingerprint density at radius 3 is 2.50 bits per heavy atom. The Kier molecular flexibility index (Phi) is 2.51. The van der Waals surface area contributed by atoms with Crippen LogP contribution in [-0.2, 0) is 18.9 Å². The van der Waals surface area contributed by atoms with Gasteiger partial charge in [0.05, 0.1) is 0 Å². The summed E-state index contributed by atoms with van der Waals surface area (Å²) in [4.78, 5) is 0. The van der Waals surface area contributed by atoms with Gasteiger partial charge < -0.3 is 18.9 Å². The maximum Gasteiger partial charge on any atom is 0.186 e. The van der Waals surface area contributed by atoms with Crippen LogP contribution in [0.3, 0.4) is 0 Å². The van der Waals surface area contributed by atoms with Gasteiger partial charge in [-0.2, -0.15) is 0 Å². The minimum absolute atomic E-state index is 0.323. The molecular formula is C9H15FO4. The second kappa shape index (κ2) is 3.41. The predicted octanol–water partition coefficient (Wildman–Crippen LogP) is 0.847. The molecule has 5 heteroatoms. The molecule has 0 aromatic heterocycles. The van der Waals surface area contributed by atoms with Gasteiger partial charge in [0, 0.05) is 7.11 Å². The molecule has 0 aromatic carbocycles.